The minimum absolute atomic E-state index is 0.0485. The fourth-order valence-corrected chi connectivity index (χ4v) is 8.25. The van der Waals surface area contributed by atoms with Crippen LogP contribution in [0.5, 0.6) is 5.75 Å². The zero-order valence-electron chi connectivity index (χ0n) is 31.9. The minimum Gasteiger partial charge on any atom is -0.497 e. The van der Waals surface area contributed by atoms with Gasteiger partial charge in [-0.25, -0.2) is 13.6 Å². The van der Waals surface area contributed by atoms with Gasteiger partial charge in [-0.05, 0) is 133 Å². The second-order valence-corrected chi connectivity index (χ2v) is 16.5. The number of nitrogens with one attached hydrogen (secondary N) is 1. The lowest BCUT2D eigenvalue weighted by atomic mass is 9.87. The maximum absolute atomic E-state index is 13.7. The summed E-state index contributed by atoms with van der Waals surface area (Å²) in [6.45, 7) is 4.71. The third-order valence-electron chi connectivity index (χ3n) is 11.1. The molecular formula is C45H54N4O5S. The van der Waals surface area contributed by atoms with Crippen molar-refractivity contribution in [1.82, 2.24) is 15.1 Å². The van der Waals surface area contributed by atoms with Gasteiger partial charge in [-0.2, -0.15) is 0 Å². The molecule has 4 aromatic rings. The number of ether oxygens (including phenoxy) is 1. The average Bonchev–Trinajstić information content (AvgIpc) is 3.22. The van der Waals surface area contributed by atoms with Crippen molar-refractivity contribution >= 4 is 27.9 Å². The summed E-state index contributed by atoms with van der Waals surface area (Å²) >= 11 is 0. The van der Waals surface area contributed by atoms with Gasteiger partial charge in [0.2, 0.25) is 15.9 Å². The third-order valence-corrected chi connectivity index (χ3v) is 12.0. The molecule has 9 nitrogen and oxygen atoms in total. The summed E-state index contributed by atoms with van der Waals surface area (Å²) in [5.41, 5.74) is 5.33. The molecule has 2 fully saturated rings. The first kappa shape index (κ1) is 39.9. The molecule has 0 atom stereocenters. The van der Waals surface area contributed by atoms with Gasteiger partial charge in [-0.1, -0.05) is 73.9 Å². The zero-order chi connectivity index (χ0) is 38.6. The lowest BCUT2D eigenvalue weighted by molar-refractivity contribution is -0.126. The number of benzene rings is 4. The number of hydrogen-bond acceptors (Lipinski definition) is 6. The monoisotopic (exact) mass is 762 g/mol. The van der Waals surface area contributed by atoms with E-state index in [1.54, 1.807) is 36.3 Å². The molecule has 0 aliphatic carbocycles. The van der Waals surface area contributed by atoms with Gasteiger partial charge in [0.1, 0.15) is 5.75 Å². The summed E-state index contributed by atoms with van der Waals surface area (Å²) in [6.07, 6.45) is 12.6. The highest BCUT2D eigenvalue weighted by Gasteiger charge is 2.24. The van der Waals surface area contributed by atoms with Crippen molar-refractivity contribution in [2.24, 2.45) is 17.0 Å². The Labute approximate surface area is 326 Å². The molecule has 6 rings (SSSR count). The van der Waals surface area contributed by atoms with Crippen molar-refractivity contribution < 1.29 is 22.7 Å². The van der Waals surface area contributed by atoms with Crippen LogP contribution in [0, 0.1) is 11.8 Å². The van der Waals surface area contributed by atoms with Crippen molar-refractivity contribution in [3.63, 3.8) is 0 Å². The van der Waals surface area contributed by atoms with E-state index in [4.69, 9.17) is 9.88 Å². The number of primary sulfonamides is 1. The Morgan fingerprint density at radius 3 is 2.16 bits per heavy atom. The predicted octanol–water partition coefficient (Wildman–Crippen LogP) is 7.32. The molecule has 4 aromatic carbocycles. The lowest BCUT2D eigenvalue weighted by Crippen LogP contribution is -2.38. The Morgan fingerprint density at radius 2 is 1.49 bits per heavy atom. The molecular weight excluding hydrogens is 709 g/mol. The van der Waals surface area contributed by atoms with Crippen molar-refractivity contribution in [3.8, 4) is 16.9 Å². The molecule has 0 unspecified atom stereocenters. The summed E-state index contributed by atoms with van der Waals surface area (Å²) in [4.78, 5) is 31.2. The van der Waals surface area contributed by atoms with Crippen molar-refractivity contribution in [2.45, 2.75) is 62.8 Å². The van der Waals surface area contributed by atoms with E-state index in [0.29, 0.717) is 31.0 Å². The van der Waals surface area contributed by atoms with Gasteiger partial charge in [0.25, 0.3) is 5.91 Å². The van der Waals surface area contributed by atoms with Gasteiger partial charge < -0.3 is 19.9 Å². The van der Waals surface area contributed by atoms with Crippen molar-refractivity contribution in [1.29, 1.82) is 0 Å². The van der Waals surface area contributed by atoms with Gasteiger partial charge in [-0.3, -0.25) is 9.59 Å². The van der Waals surface area contributed by atoms with Crippen LogP contribution in [0.25, 0.3) is 17.2 Å². The molecule has 10 heteroatoms. The van der Waals surface area contributed by atoms with Gasteiger partial charge >= 0.3 is 0 Å². The molecule has 2 aliphatic heterocycles. The zero-order valence-corrected chi connectivity index (χ0v) is 32.7. The highest BCUT2D eigenvalue weighted by molar-refractivity contribution is 7.89. The van der Waals surface area contributed by atoms with Gasteiger partial charge in [0.15, 0.2) is 0 Å². The highest BCUT2D eigenvalue weighted by atomic mass is 32.2. The average molecular weight is 763 g/mol. The van der Waals surface area contributed by atoms with E-state index < -0.39 is 10.0 Å². The number of likely N-dealkylation sites (tertiary alicyclic amines) is 1. The van der Waals surface area contributed by atoms with Crippen LogP contribution >= 0.6 is 0 Å². The number of methoxy groups -OCH3 is 1. The number of nitrogens with two attached hydrogens (primary N) is 1. The Bertz CT molecular complexity index is 2020. The minimum atomic E-state index is -3.80. The largest absolute Gasteiger partial charge is 0.497 e. The van der Waals surface area contributed by atoms with E-state index in [2.05, 4.69) is 11.4 Å². The number of hydrogen-bond donors (Lipinski definition) is 2. The SMILES string of the molecule is COc1ccc(C=CC(=O)N(CCc2ccc(S(N)(=O)=O)cc2)Cc2cccc(-c3cccc(C(=O)N4CCC(CCCC5CCNCC5)CC4)c3)c2)cc1. The second kappa shape index (κ2) is 19.2. The van der Waals surface area contributed by atoms with E-state index in [9.17, 15) is 18.0 Å². The van der Waals surface area contributed by atoms with E-state index in [-0.39, 0.29) is 16.7 Å². The number of rotatable bonds is 15. The molecule has 2 heterocycles. The molecule has 0 radical (unpaired) electrons. The summed E-state index contributed by atoms with van der Waals surface area (Å²) in [5.74, 6) is 2.26. The van der Waals surface area contributed by atoms with Gasteiger partial charge in [0, 0.05) is 37.8 Å². The van der Waals surface area contributed by atoms with Crippen molar-refractivity contribution in [3.05, 3.63) is 125 Å². The number of carbonyl (C=O) groups is 2. The van der Waals surface area contributed by atoms with Crippen LogP contribution in [0.1, 0.15) is 72.0 Å². The van der Waals surface area contributed by atoms with Gasteiger partial charge in [0.05, 0.1) is 12.0 Å². The number of nitrogens with zero attached hydrogens (tertiary/aromatic N) is 2. The van der Waals surface area contributed by atoms with Crippen molar-refractivity contribution in [2.75, 3.05) is 39.8 Å². The third kappa shape index (κ3) is 11.6. The van der Waals surface area contributed by atoms with E-state index in [1.807, 2.05) is 71.6 Å². The molecule has 2 aliphatic rings. The summed E-state index contributed by atoms with van der Waals surface area (Å²) in [6, 6.07) is 29.9. The molecule has 3 N–H and O–H groups in total. The molecule has 0 spiro atoms. The molecule has 0 bridgehead atoms. The normalized spacial score (nSPS) is 15.6. The number of amides is 2. The Morgan fingerprint density at radius 1 is 0.836 bits per heavy atom. The van der Waals surface area contributed by atoms with Crippen LogP contribution < -0.4 is 15.2 Å². The predicted molar refractivity (Wildman–Crippen MR) is 219 cm³/mol. The van der Waals surface area contributed by atoms with Gasteiger partial charge in [-0.15, -0.1) is 0 Å². The second-order valence-electron chi connectivity index (χ2n) is 14.9. The highest BCUT2D eigenvalue weighted by Crippen LogP contribution is 2.28. The maximum atomic E-state index is 13.7. The smallest absolute Gasteiger partial charge is 0.253 e. The Hall–Kier alpha value is -4.77. The Kier molecular flexibility index (Phi) is 13.9. The van der Waals surface area contributed by atoms with Crippen LogP contribution in [0.3, 0.4) is 0 Å². The summed E-state index contributed by atoms with van der Waals surface area (Å²) in [5, 5.41) is 8.75. The quantitative estimate of drug-likeness (QED) is 0.123. The van der Waals surface area contributed by atoms with Crippen LogP contribution in [-0.2, 0) is 27.8 Å². The first-order valence-electron chi connectivity index (χ1n) is 19.6. The molecule has 290 valence electrons. The van der Waals surface area contributed by atoms with Crippen LogP contribution in [0.15, 0.2) is 108 Å². The van der Waals surface area contributed by atoms with E-state index in [1.165, 1.54) is 44.2 Å². The lowest BCUT2D eigenvalue weighted by Gasteiger charge is -2.32. The van der Waals surface area contributed by atoms with Crippen LogP contribution in [0.4, 0.5) is 0 Å². The Balaban J connectivity index is 1.10. The fraction of sp³-hybridized carbons (Fsp3) is 0.378. The molecule has 2 saturated heterocycles. The number of sulfonamides is 1. The summed E-state index contributed by atoms with van der Waals surface area (Å²) < 4.78 is 28.8. The fourth-order valence-electron chi connectivity index (χ4n) is 7.74. The van der Waals surface area contributed by atoms with E-state index >= 15 is 0 Å². The topological polar surface area (TPSA) is 122 Å². The first-order chi connectivity index (χ1) is 26.6. The number of piperidine rings is 2. The standard InChI is InChI=1S/C45H54N4O5S/c1-54-42-16-11-36(12-17-42)15-20-44(50)49(30-25-37-13-18-43(19-14-37)55(46,52)53)33-38-7-3-8-39(31-38)40-9-4-10-41(32-40)45(51)48-28-23-35(24-29-48)6-2-5-34-21-26-47-27-22-34/h3-4,7-20,31-32,34-35,47H,2,5-6,21-30,33H2,1H3,(H2,46,52,53). The molecule has 0 aromatic heterocycles. The molecule has 55 heavy (non-hydrogen) atoms. The van der Waals surface area contributed by atoms with Crippen LogP contribution in [-0.4, -0.2) is 69.9 Å². The summed E-state index contributed by atoms with van der Waals surface area (Å²) in [7, 11) is -2.18. The number of carbonyl (C=O) groups excluding carboxylic acids is 2. The van der Waals surface area contributed by atoms with Crippen LogP contribution in [0.2, 0.25) is 0 Å². The molecule has 0 saturated carbocycles. The molecule has 2 amide bonds. The first-order valence-corrected chi connectivity index (χ1v) is 21.1. The maximum Gasteiger partial charge on any atom is 0.253 e. The van der Waals surface area contributed by atoms with E-state index in [0.717, 1.165) is 78.5 Å².